The Kier molecular flexibility index (Phi) is 9.03. The highest BCUT2D eigenvalue weighted by molar-refractivity contribution is 6.05. The van der Waals surface area contributed by atoms with E-state index >= 15 is 0 Å². The van der Waals surface area contributed by atoms with Gasteiger partial charge in [-0.3, -0.25) is 14.2 Å². The van der Waals surface area contributed by atoms with Crippen LogP contribution in [-0.2, 0) is 9.53 Å². The molecule has 11 heteroatoms. The first kappa shape index (κ1) is 31.2. The fourth-order valence-electron chi connectivity index (χ4n) is 6.35. The number of amides is 3. The number of hydrogen-bond acceptors (Lipinski definition) is 6. The maximum Gasteiger partial charge on any atom is 0.410 e. The van der Waals surface area contributed by atoms with Crippen LogP contribution in [0.25, 0.3) is 11.0 Å². The smallest absolute Gasteiger partial charge is 0.410 e. The molecule has 0 radical (unpaired) electrons. The molecule has 1 saturated carbocycles. The Balaban J connectivity index is 1.23. The Hall–Kier alpha value is -4.28. The van der Waals surface area contributed by atoms with Crippen LogP contribution in [0.5, 0.6) is 5.75 Å². The predicted octanol–water partition coefficient (Wildman–Crippen LogP) is 5.15. The number of carbonyl (C=O) groups excluding carboxylic acids is 3. The number of rotatable bonds is 7. The molecule has 11 nitrogen and oxygen atoms in total. The number of aromatic amines is 1. The number of anilines is 1. The lowest BCUT2D eigenvalue weighted by molar-refractivity contribution is -0.121. The molecular weight excluding hydrogens is 562 g/mol. The molecule has 3 aromatic rings. The molecule has 3 amide bonds. The molecule has 44 heavy (non-hydrogen) atoms. The topological polar surface area (TPSA) is 135 Å². The first-order chi connectivity index (χ1) is 20.9. The van der Waals surface area contributed by atoms with Crippen LogP contribution in [0.2, 0.25) is 0 Å². The summed E-state index contributed by atoms with van der Waals surface area (Å²) in [6, 6.07) is 10.7. The van der Waals surface area contributed by atoms with Crippen LogP contribution < -0.4 is 21.1 Å². The van der Waals surface area contributed by atoms with Gasteiger partial charge in [0.15, 0.2) is 0 Å². The Morgan fingerprint density at radius 3 is 2.50 bits per heavy atom. The highest BCUT2D eigenvalue weighted by Crippen LogP contribution is 2.34. The molecule has 5 rings (SSSR count). The van der Waals surface area contributed by atoms with E-state index in [-0.39, 0.29) is 41.6 Å². The number of nitrogens with one attached hydrogen (secondary N) is 3. The minimum absolute atomic E-state index is 0.0351. The van der Waals surface area contributed by atoms with Gasteiger partial charge in [-0.25, -0.2) is 9.59 Å². The number of ether oxygens (including phenoxy) is 2. The lowest BCUT2D eigenvalue weighted by Gasteiger charge is -2.29. The van der Waals surface area contributed by atoms with Gasteiger partial charge in [0.2, 0.25) is 5.91 Å². The highest BCUT2D eigenvalue weighted by atomic mass is 16.6. The summed E-state index contributed by atoms with van der Waals surface area (Å²) in [5, 5.41) is 5.97. The van der Waals surface area contributed by atoms with E-state index in [1.54, 1.807) is 28.7 Å². The van der Waals surface area contributed by atoms with Gasteiger partial charge in [0.1, 0.15) is 11.4 Å². The van der Waals surface area contributed by atoms with Crippen LogP contribution in [0.15, 0.2) is 41.2 Å². The first-order valence-electron chi connectivity index (χ1n) is 15.4. The van der Waals surface area contributed by atoms with E-state index in [1.165, 1.54) is 0 Å². The van der Waals surface area contributed by atoms with Crippen molar-refractivity contribution < 1.29 is 23.9 Å². The number of aromatic nitrogens is 2. The minimum Gasteiger partial charge on any atom is -0.496 e. The number of carbonyl (C=O) groups is 3. The van der Waals surface area contributed by atoms with E-state index in [1.807, 2.05) is 52.0 Å². The standard InChI is InChI=1S/C33H43N5O6/c1-20-11-14-22(18-27(20)43-5)35-29(39)21-12-15-23(16-13-21)38-26-10-6-9-25(28(26)36-31(38)41)30(40)34-19-24-8-7-17-37(24)32(42)44-33(2,3)4/h6,9-11,14,18,21,23-24H,7-8,12-13,15-17,19H2,1-5H3,(H,34,40)(H,35,39)(H,36,41). The van der Waals surface area contributed by atoms with Gasteiger partial charge in [0.05, 0.1) is 29.7 Å². The first-order valence-corrected chi connectivity index (χ1v) is 15.4. The summed E-state index contributed by atoms with van der Waals surface area (Å²) in [7, 11) is 1.61. The zero-order valence-corrected chi connectivity index (χ0v) is 26.2. The van der Waals surface area contributed by atoms with E-state index in [4.69, 9.17) is 9.47 Å². The average Bonchev–Trinajstić information content (AvgIpc) is 3.59. The number of fused-ring (bicyclic) bond motifs is 1. The van der Waals surface area contributed by atoms with E-state index in [0.717, 1.165) is 24.2 Å². The molecule has 0 bridgehead atoms. The predicted molar refractivity (Wildman–Crippen MR) is 168 cm³/mol. The Bertz CT molecular complexity index is 1590. The SMILES string of the molecule is COc1cc(NC(=O)C2CCC(n3c(=O)[nH]c4c(C(=O)NCC5CCCN5C(=O)OC(C)(C)C)cccc43)CC2)ccc1C. The summed E-state index contributed by atoms with van der Waals surface area (Å²) in [4.78, 5) is 56.8. The van der Waals surface area contributed by atoms with E-state index in [0.29, 0.717) is 61.1 Å². The molecule has 236 valence electrons. The summed E-state index contributed by atoms with van der Waals surface area (Å²) in [5.41, 5.74) is 2.35. The second-order valence-corrected chi connectivity index (χ2v) is 12.9. The van der Waals surface area contributed by atoms with E-state index in [9.17, 15) is 19.2 Å². The number of hydrogen-bond donors (Lipinski definition) is 3. The lowest BCUT2D eigenvalue weighted by Crippen LogP contribution is -2.45. The summed E-state index contributed by atoms with van der Waals surface area (Å²) in [6.45, 7) is 8.33. The van der Waals surface area contributed by atoms with Gasteiger partial charge in [-0.15, -0.1) is 0 Å². The molecule has 1 aliphatic heterocycles. The fraction of sp³-hybridized carbons (Fsp3) is 0.515. The molecule has 2 heterocycles. The third kappa shape index (κ3) is 6.76. The summed E-state index contributed by atoms with van der Waals surface area (Å²) in [6.07, 6.45) is 3.87. The van der Waals surface area contributed by atoms with Crippen molar-refractivity contribution in [2.45, 2.75) is 83.9 Å². The second kappa shape index (κ2) is 12.8. The van der Waals surface area contributed by atoms with Crippen LogP contribution in [0.3, 0.4) is 0 Å². The van der Waals surface area contributed by atoms with Gasteiger partial charge in [-0.2, -0.15) is 0 Å². The van der Waals surface area contributed by atoms with Crippen molar-refractivity contribution >= 4 is 34.6 Å². The summed E-state index contributed by atoms with van der Waals surface area (Å²) >= 11 is 0. The molecule has 2 aliphatic rings. The monoisotopic (exact) mass is 605 g/mol. The molecule has 2 fully saturated rings. The number of benzene rings is 2. The van der Waals surface area contributed by atoms with Gasteiger partial charge in [-0.1, -0.05) is 12.1 Å². The maximum absolute atomic E-state index is 13.3. The number of imidazole rings is 1. The molecule has 1 aromatic heterocycles. The maximum atomic E-state index is 13.3. The molecule has 3 N–H and O–H groups in total. The number of nitrogens with zero attached hydrogens (tertiary/aromatic N) is 2. The van der Waals surface area contributed by atoms with Gasteiger partial charge >= 0.3 is 11.8 Å². The molecular formula is C33H43N5O6. The van der Waals surface area contributed by atoms with Gasteiger partial charge in [-0.05, 0) is 90.0 Å². The van der Waals surface area contributed by atoms with Gasteiger partial charge in [0.25, 0.3) is 5.91 Å². The Labute approximate surface area is 257 Å². The van der Waals surface area contributed by atoms with Crippen LogP contribution in [-0.4, -0.2) is 64.2 Å². The van der Waals surface area contributed by atoms with E-state index < -0.39 is 5.60 Å². The Morgan fingerprint density at radius 2 is 1.80 bits per heavy atom. The summed E-state index contributed by atoms with van der Waals surface area (Å²) in [5.74, 6) is 0.219. The fourth-order valence-corrected chi connectivity index (χ4v) is 6.35. The van der Waals surface area contributed by atoms with E-state index in [2.05, 4.69) is 15.6 Å². The van der Waals surface area contributed by atoms with Crippen molar-refractivity contribution in [1.82, 2.24) is 19.8 Å². The minimum atomic E-state index is -0.593. The van der Waals surface area contributed by atoms with Crippen molar-refractivity contribution in [2.24, 2.45) is 5.92 Å². The number of para-hydroxylation sites is 1. The number of H-pyrrole nitrogens is 1. The number of methoxy groups -OCH3 is 1. The summed E-state index contributed by atoms with van der Waals surface area (Å²) < 4.78 is 12.6. The van der Waals surface area contributed by atoms with Crippen LogP contribution >= 0.6 is 0 Å². The molecule has 1 unspecified atom stereocenters. The van der Waals surface area contributed by atoms with Crippen molar-refractivity contribution in [3.05, 3.63) is 58.0 Å². The zero-order valence-electron chi connectivity index (χ0n) is 26.2. The number of aryl methyl sites for hydroxylation is 1. The molecule has 1 saturated heterocycles. The molecule has 1 atom stereocenters. The molecule has 0 spiro atoms. The lowest BCUT2D eigenvalue weighted by atomic mass is 9.85. The van der Waals surface area contributed by atoms with Crippen molar-refractivity contribution in [3.8, 4) is 5.75 Å². The second-order valence-electron chi connectivity index (χ2n) is 12.9. The third-order valence-electron chi connectivity index (χ3n) is 8.61. The van der Waals surface area contributed by atoms with Crippen LogP contribution in [0, 0.1) is 12.8 Å². The Morgan fingerprint density at radius 1 is 1.05 bits per heavy atom. The molecule has 1 aliphatic carbocycles. The average molecular weight is 606 g/mol. The van der Waals surface area contributed by atoms with Crippen molar-refractivity contribution in [2.75, 3.05) is 25.5 Å². The van der Waals surface area contributed by atoms with Gasteiger partial charge < -0.3 is 30.0 Å². The van der Waals surface area contributed by atoms with Gasteiger partial charge in [0, 0.05) is 36.8 Å². The quantitative estimate of drug-likeness (QED) is 0.341. The zero-order chi connectivity index (χ0) is 31.6. The number of likely N-dealkylation sites (tertiary alicyclic amines) is 1. The van der Waals surface area contributed by atoms with Crippen LogP contribution in [0.4, 0.5) is 10.5 Å². The van der Waals surface area contributed by atoms with Crippen LogP contribution in [0.1, 0.15) is 81.3 Å². The normalized spacial score (nSPS) is 20.4. The molecule has 2 aromatic carbocycles. The highest BCUT2D eigenvalue weighted by Gasteiger charge is 2.33. The van der Waals surface area contributed by atoms with Crippen molar-refractivity contribution in [3.63, 3.8) is 0 Å². The van der Waals surface area contributed by atoms with Crippen molar-refractivity contribution in [1.29, 1.82) is 0 Å². The third-order valence-corrected chi connectivity index (χ3v) is 8.61. The largest absolute Gasteiger partial charge is 0.496 e.